The van der Waals surface area contributed by atoms with Gasteiger partial charge in [-0.3, -0.25) is 0 Å². The molecule has 144 valence electrons. The SMILES string of the molecule is CCCCc1nc2c(N)nc3cc(-c4ccccc4)ccc3c2n1CC(C)O. The molecule has 0 aliphatic carbocycles. The second-order valence-electron chi connectivity index (χ2n) is 7.38. The molecular weight excluding hydrogens is 348 g/mol. The molecule has 0 saturated heterocycles. The van der Waals surface area contributed by atoms with Crippen molar-refractivity contribution in [1.29, 1.82) is 0 Å². The number of nitrogens with zero attached hydrogens (tertiary/aromatic N) is 3. The Morgan fingerprint density at radius 2 is 1.86 bits per heavy atom. The number of nitrogens with two attached hydrogens (primary N) is 1. The Kier molecular flexibility index (Phi) is 5.01. The number of hydrogen-bond acceptors (Lipinski definition) is 4. The smallest absolute Gasteiger partial charge is 0.152 e. The standard InChI is InChI=1S/C23H26N4O/c1-3-4-10-20-26-21-22(27(20)14-15(2)28)18-12-11-17(13-19(18)25-23(21)24)16-8-6-5-7-9-16/h5-9,11-13,15,28H,3-4,10,14H2,1-2H3,(H2,24,25). The fraction of sp³-hybridized carbons (Fsp3) is 0.304. The Bertz CT molecular complexity index is 1120. The van der Waals surface area contributed by atoms with Gasteiger partial charge in [-0.2, -0.15) is 0 Å². The van der Waals surface area contributed by atoms with Crippen LogP contribution in [0.1, 0.15) is 32.5 Å². The van der Waals surface area contributed by atoms with E-state index >= 15 is 0 Å². The van der Waals surface area contributed by atoms with Crippen LogP contribution in [-0.2, 0) is 13.0 Å². The van der Waals surface area contributed by atoms with E-state index in [1.165, 1.54) is 0 Å². The molecular formula is C23H26N4O. The summed E-state index contributed by atoms with van der Waals surface area (Å²) in [6, 6.07) is 16.5. The second kappa shape index (κ2) is 7.60. The highest BCUT2D eigenvalue weighted by Gasteiger charge is 2.18. The van der Waals surface area contributed by atoms with Gasteiger partial charge in [-0.15, -0.1) is 0 Å². The van der Waals surface area contributed by atoms with Crippen LogP contribution in [-0.4, -0.2) is 25.7 Å². The monoisotopic (exact) mass is 374 g/mol. The lowest BCUT2D eigenvalue weighted by Gasteiger charge is -2.13. The fourth-order valence-electron chi connectivity index (χ4n) is 3.75. The molecule has 0 amide bonds. The molecule has 4 rings (SSSR count). The molecule has 0 radical (unpaired) electrons. The Morgan fingerprint density at radius 3 is 2.57 bits per heavy atom. The number of anilines is 1. The number of fused-ring (bicyclic) bond motifs is 3. The maximum atomic E-state index is 10.1. The third-order valence-corrected chi connectivity index (χ3v) is 5.09. The van der Waals surface area contributed by atoms with Gasteiger partial charge in [-0.25, -0.2) is 9.97 Å². The summed E-state index contributed by atoms with van der Waals surface area (Å²) >= 11 is 0. The van der Waals surface area contributed by atoms with Crippen LogP contribution < -0.4 is 5.73 Å². The van der Waals surface area contributed by atoms with Crippen LogP contribution in [0.5, 0.6) is 0 Å². The topological polar surface area (TPSA) is 77.0 Å². The molecule has 0 saturated carbocycles. The molecule has 4 aromatic rings. The number of aliphatic hydroxyl groups is 1. The number of rotatable bonds is 6. The van der Waals surface area contributed by atoms with Crippen LogP contribution >= 0.6 is 0 Å². The number of aryl methyl sites for hydroxylation is 1. The Hall–Kier alpha value is -2.92. The zero-order valence-electron chi connectivity index (χ0n) is 16.4. The van der Waals surface area contributed by atoms with Crippen molar-refractivity contribution in [2.75, 3.05) is 5.73 Å². The van der Waals surface area contributed by atoms with Gasteiger partial charge in [0, 0.05) is 11.8 Å². The molecule has 0 aliphatic heterocycles. The van der Waals surface area contributed by atoms with Crippen LogP contribution in [0.25, 0.3) is 33.1 Å². The molecule has 5 nitrogen and oxygen atoms in total. The summed E-state index contributed by atoms with van der Waals surface area (Å²) in [5.41, 5.74) is 11.1. The normalized spacial score (nSPS) is 12.7. The van der Waals surface area contributed by atoms with Crippen molar-refractivity contribution in [3.63, 3.8) is 0 Å². The van der Waals surface area contributed by atoms with E-state index in [0.717, 1.165) is 58.2 Å². The third kappa shape index (κ3) is 3.34. The van der Waals surface area contributed by atoms with E-state index in [4.69, 9.17) is 10.7 Å². The third-order valence-electron chi connectivity index (χ3n) is 5.09. The molecule has 3 N–H and O–H groups in total. The number of aromatic nitrogens is 3. The van der Waals surface area contributed by atoms with E-state index in [1.807, 2.05) is 18.2 Å². The highest BCUT2D eigenvalue weighted by atomic mass is 16.3. The van der Waals surface area contributed by atoms with E-state index in [9.17, 15) is 5.11 Å². The van der Waals surface area contributed by atoms with Crippen LogP contribution in [0, 0.1) is 0 Å². The van der Waals surface area contributed by atoms with Gasteiger partial charge >= 0.3 is 0 Å². The maximum absolute atomic E-state index is 10.1. The van der Waals surface area contributed by atoms with Crippen molar-refractivity contribution in [1.82, 2.24) is 14.5 Å². The first kappa shape index (κ1) is 18.4. The van der Waals surface area contributed by atoms with Crippen LogP contribution in [0.3, 0.4) is 0 Å². The second-order valence-corrected chi connectivity index (χ2v) is 7.38. The van der Waals surface area contributed by atoms with Gasteiger partial charge in [-0.05, 0) is 30.5 Å². The molecule has 1 unspecified atom stereocenters. The molecule has 5 heteroatoms. The van der Waals surface area contributed by atoms with Crippen LogP contribution in [0.4, 0.5) is 5.82 Å². The molecule has 2 aromatic carbocycles. The average molecular weight is 374 g/mol. The van der Waals surface area contributed by atoms with Crippen molar-refractivity contribution in [3.8, 4) is 11.1 Å². The first-order chi connectivity index (χ1) is 13.6. The minimum atomic E-state index is -0.467. The number of pyridine rings is 1. The number of benzene rings is 2. The van der Waals surface area contributed by atoms with Gasteiger partial charge in [0.05, 0.1) is 23.7 Å². The van der Waals surface area contributed by atoms with Gasteiger partial charge in [0.15, 0.2) is 5.82 Å². The molecule has 1 atom stereocenters. The van der Waals surface area contributed by atoms with Gasteiger partial charge < -0.3 is 15.4 Å². The molecule has 0 bridgehead atoms. The summed E-state index contributed by atoms with van der Waals surface area (Å²) in [5.74, 6) is 1.40. The van der Waals surface area contributed by atoms with E-state index in [1.54, 1.807) is 6.92 Å². The number of aliphatic hydroxyl groups excluding tert-OH is 1. The van der Waals surface area contributed by atoms with Gasteiger partial charge in [0.25, 0.3) is 0 Å². The fourth-order valence-corrected chi connectivity index (χ4v) is 3.75. The highest BCUT2D eigenvalue weighted by Crippen LogP contribution is 2.32. The summed E-state index contributed by atoms with van der Waals surface area (Å²) < 4.78 is 2.12. The first-order valence-corrected chi connectivity index (χ1v) is 9.90. The number of nitrogen functional groups attached to an aromatic ring is 1. The molecule has 0 spiro atoms. The summed E-state index contributed by atoms with van der Waals surface area (Å²) in [4.78, 5) is 9.44. The molecule has 2 heterocycles. The van der Waals surface area contributed by atoms with Crippen molar-refractivity contribution < 1.29 is 5.11 Å². The Morgan fingerprint density at radius 1 is 1.07 bits per heavy atom. The van der Waals surface area contributed by atoms with Gasteiger partial charge in [-0.1, -0.05) is 55.8 Å². The summed E-state index contributed by atoms with van der Waals surface area (Å²) in [6.45, 7) is 4.46. The lowest BCUT2D eigenvalue weighted by molar-refractivity contribution is 0.174. The number of unbranched alkanes of at least 4 members (excludes halogenated alkanes) is 1. The van der Waals surface area contributed by atoms with Crippen molar-refractivity contribution >= 4 is 27.8 Å². The van der Waals surface area contributed by atoms with Crippen molar-refractivity contribution in [3.05, 3.63) is 54.4 Å². The quantitative estimate of drug-likeness (QED) is 0.519. The minimum Gasteiger partial charge on any atom is -0.392 e. The van der Waals surface area contributed by atoms with E-state index < -0.39 is 6.10 Å². The van der Waals surface area contributed by atoms with E-state index in [0.29, 0.717) is 12.4 Å². The molecule has 2 aromatic heterocycles. The predicted molar refractivity (Wildman–Crippen MR) is 115 cm³/mol. The highest BCUT2D eigenvalue weighted by molar-refractivity contribution is 6.07. The number of imidazole rings is 1. The average Bonchev–Trinajstić information content (AvgIpc) is 3.05. The molecule has 0 fully saturated rings. The van der Waals surface area contributed by atoms with Crippen molar-refractivity contribution in [2.24, 2.45) is 0 Å². The Labute approximate surface area is 164 Å². The van der Waals surface area contributed by atoms with E-state index in [2.05, 4.69) is 46.8 Å². The lowest BCUT2D eigenvalue weighted by atomic mass is 10.0. The van der Waals surface area contributed by atoms with Gasteiger partial charge in [0.2, 0.25) is 0 Å². The first-order valence-electron chi connectivity index (χ1n) is 9.90. The van der Waals surface area contributed by atoms with Crippen molar-refractivity contribution in [2.45, 2.75) is 45.8 Å². The van der Waals surface area contributed by atoms with Gasteiger partial charge in [0.1, 0.15) is 11.3 Å². The summed E-state index contributed by atoms with van der Waals surface area (Å²) in [7, 11) is 0. The lowest BCUT2D eigenvalue weighted by Crippen LogP contribution is -2.14. The molecule has 0 aliphatic rings. The zero-order valence-corrected chi connectivity index (χ0v) is 16.4. The van der Waals surface area contributed by atoms with Crippen LogP contribution in [0.2, 0.25) is 0 Å². The maximum Gasteiger partial charge on any atom is 0.152 e. The van der Waals surface area contributed by atoms with Crippen LogP contribution in [0.15, 0.2) is 48.5 Å². The molecule has 28 heavy (non-hydrogen) atoms. The zero-order chi connectivity index (χ0) is 19.7. The summed E-state index contributed by atoms with van der Waals surface area (Å²) in [5, 5.41) is 11.1. The number of hydrogen-bond donors (Lipinski definition) is 2. The predicted octanol–water partition coefficient (Wildman–Crippen LogP) is 4.56. The largest absolute Gasteiger partial charge is 0.392 e. The Balaban J connectivity index is 1.95. The van der Waals surface area contributed by atoms with E-state index in [-0.39, 0.29) is 0 Å². The summed E-state index contributed by atoms with van der Waals surface area (Å²) in [6.07, 6.45) is 2.53. The minimum absolute atomic E-state index is 0.440.